The normalized spacial score (nSPS) is 24.7. The Morgan fingerprint density at radius 2 is 1.88 bits per heavy atom. The first-order valence-corrected chi connectivity index (χ1v) is 8.39. The van der Waals surface area contributed by atoms with Gasteiger partial charge in [-0.05, 0) is 13.8 Å². The maximum absolute atomic E-state index is 12.0. The monoisotopic (exact) mass is 288 g/mol. The van der Waals surface area contributed by atoms with Crippen molar-refractivity contribution in [3.05, 3.63) is 0 Å². The predicted molar refractivity (Wildman–Crippen MR) is 60.1 cm³/mol. The summed E-state index contributed by atoms with van der Waals surface area (Å²) in [6.45, 7) is 3.64. The first-order valence-electron chi connectivity index (χ1n) is 5.35. The lowest BCUT2D eigenvalue weighted by molar-refractivity contribution is 0.0745. The molecule has 9 heteroatoms. The highest BCUT2D eigenvalue weighted by molar-refractivity contribution is 7.86. The van der Waals surface area contributed by atoms with Crippen LogP contribution in [0.3, 0.4) is 0 Å². The summed E-state index contributed by atoms with van der Waals surface area (Å²) in [5, 5.41) is 0. The van der Waals surface area contributed by atoms with E-state index in [1.54, 1.807) is 13.8 Å². The molecule has 0 aliphatic carbocycles. The lowest BCUT2D eigenvalue weighted by Gasteiger charge is -2.25. The van der Waals surface area contributed by atoms with Crippen LogP contribution in [0.15, 0.2) is 0 Å². The third-order valence-corrected chi connectivity index (χ3v) is 4.96. The minimum atomic E-state index is -3.66. The van der Waals surface area contributed by atoms with Crippen molar-refractivity contribution in [2.75, 3.05) is 25.6 Å². The second-order valence-electron chi connectivity index (χ2n) is 3.35. The van der Waals surface area contributed by atoms with Crippen LogP contribution in [0.4, 0.5) is 0 Å². The van der Waals surface area contributed by atoms with Crippen LogP contribution in [-0.2, 0) is 32.4 Å². The van der Waals surface area contributed by atoms with Gasteiger partial charge in [0.05, 0.1) is 25.9 Å². The van der Waals surface area contributed by atoms with E-state index < -0.39 is 24.0 Å². The second kappa shape index (κ2) is 6.26. The highest BCUT2D eigenvalue weighted by Crippen LogP contribution is 2.51. The summed E-state index contributed by atoms with van der Waals surface area (Å²) < 4.78 is 53.9. The molecule has 0 spiro atoms. The van der Waals surface area contributed by atoms with E-state index >= 15 is 0 Å². The molecule has 0 N–H and O–H groups in total. The van der Waals surface area contributed by atoms with E-state index in [-0.39, 0.29) is 25.6 Å². The van der Waals surface area contributed by atoms with E-state index in [4.69, 9.17) is 13.6 Å². The third-order valence-electron chi connectivity index (χ3n) is 1.95. The Balaban J connectivity index is 2.64. The van der Waals surface area contributed by atoms with Crippen molar-refractivity contribution in [2.45, 2.75) is 26.4 Å². The van der Waals surface area contributed by atoms with Crippen LogP contribution < -0.4 is 0 Å². The van der Waals surface area contributed by atoms with Crippen LogP contribution in [0.5, 0.6) is 0 Å². The molecule has 1 heterocycles. The molecule has 0 aromatic heterocycles. The maximum Gasteiger partial charge on any atom is 0.475 e. The molecule has 1 saturated heterocycles. The molecule has 0 amide bonds. The highest BCUT2D eigenvalue weighted by Gasteiger charge is 2.35. The van der Waals surface area contributed by atoms with Gasteiger partial charge in [0.15, 0.2) is 0 Å². The minimum absolute atomic E-state index is 0.0191. The van der Waals surface area contributed by atoms with Gasteiger partial charge in [-0.1, -0.05) is 0 Å². The van der Waals surface area contributed by atoms with Crippen LogP contribution in [0.1, 0.15) is 20.3 Å². The maximum atomic E-state index is 12.0. The minimum Gasteiger partial charge on any atom is -0.287 e. The van der Waals surface area contributed by atoms with E-state index in [1.807, 2.05) is 0 Å². The van der Waals surface area contributed by atoms with E-state index in [1.165, 1.54) is 0 Å². The van der Waals surface area contributed by atoms with E-state index in [0.717, 1.165) is 0 Å². The SMILES string of the molecule is CCOP(=O)(OCC)OC1CCOS(=O)(=O)C1. The third kappa shape index (κ3) is 5.03. The summed E-state index contributed by atoms with van der Waals surface area (Å²) in [5.41, 5.74) is 0. The van der Waals surface area contributed by atoms with E-state index in [2.05, 4.69) is 4.18 Å². The van der Waals surface area contributed by atoms with Crippen LogP contribution in [0.2, 0.25) is 0 Å². The molecule has 0 saturated carbocycles. The van der Waals surface area contributed by atoms with Crippen molar-refractivity contribution in [2.24, 2.45) is 0 Å². The summed E-state index contributed by atoms with van der Waals surface area (Å²) in [6, 6.07) is 0. The van der Waals surface area contributed by atoms with Gasteiger partial charge in [0, 0.05) is 6.42 Å². The Kier molecular flexibility index (Phi) is 5.56. The quantitative estimate of drug-likeness (QED) is 0.537. The van der Waals surface area contributed by atoms with Crippen LogP contribution in [-0.4, -0.2) is 40.1 Å². The zero-order chi connectivity index (χ0) is 12.9. The number of rotatable bonds is 6. The number of phosphoric acid groups is 1. The van der Waals surface area contributed by atoms with Gasteiger partial charge in [0.25, 0.3) is 10.1 Å². The van der Waals surface area contributed by atoms with Crippen molar-refractivity contribution in [1.29, 1.82) is 0 Å². The molecule has 17 heavy (non-hydrogen) atoms. The zero-order valence-corrected chi connectivity index (χ0v) is 11.5. The summed E-state index contributed by atoms with van der Waals surface area (Å²) in [7, 11) is -7.26. The zero-order valence-electron chi connectivity index (χ0n) is 9.83. The van der Waals surface area contributed by atoms with Crippen molar-refractivity contribution >= 4 is 17.9 Å². The van der Waals surface area contributed by atoms with Gasteiger partial charge >= 0.3 is 7.82 Å². The van der Waals surface area contributed by atoms with Gasteiger partial charge in [-0.2, -0.15) is 8.42 Å². The first kappa shape index (κ1) is 15.1. The molecule has 0 bridgehead atoms. The van der Waals surface area contributed by atoms with Crippen LogP contribution in [0.25, 0.3) is 0 Å². The molecule has 1 rings (SSSR count). The Hall–Kier alpha value is 0.0200. The van der Waals surface area contributed by atoms with Gasteiger partial charge in [-0.15, -0.1) is 0 Å². The van der Waals surface area contributed by atoms with Crippen LogP contribution >= 0.6 is 7.82 Å². The highest BCUT2D eigenvalue weighted by atomic mass is 32.2. The van der Waals surface area contributed by atoms with Gasteiger partial charge in [-0.25, -0.2) is 4.57 Å². The average molecular weight is 288 g/mol. The molecule has 1 aliphatic heterocycles. The average Bonchev–Trinajstić information content (AvgIpc) is 2.15. The van der Waals surface area contributed by atoms with Gasteiger partial charge in [0.1, 0.15) is 5.75 Å². The lowest BCUT2D eigenvalue weighted by Crippen LogP contribution is -2.32. The molecule has 0 aromatic carbocycles. The second-order valence-corrected chi connectivity index (χ2v) is 6.65. The first-order chi connectivity index (χ1) is 7.91. The Morgan fingerprint density at radius 1 is 1.29 bits per heavy atom. The number of hydrogen-bond acceptors (Lipinski definition) is 7. The van der Waals surface area contributed by atoms with Gasteiger partial charge in [-0.3, -0.25) is 17.8 Å². The predicted octanol–water partition coefficient (Wildman–Crippen LogP) is 1.30. The molecule has 0 radical (unpaired) electrons. The van der Waals surface area contributed by atoms with Crippen molar-refractivity contribution in [3.63, 3.8) is 0 Å². The number of hydrogen-bond donors (Lipinski definition) is 0. The Bertz CT molecular complexity index is 369. The summed E-state index contributed by atoms with van der Waals surface area (Å²) in [5.74, 6) is -0.336. The molecule has 102 valence electrons. The standard InChI is InChI=1S/C8H17O7PS/c1-3-12-16(9,13-4-2)15-8-5-6-14-17(10,11)7-8/h8H,3-7H2,1-2H3. The molecule has 0 aromatic rings. The summed E-state index contributed by atoms with van der Waals surface area (Å²) in [6.07, 6.45) is -0.388. The molecule has 1 unspecified atom stereocenters. The topological polar surface area (TPSA) is 88.1 Å². The van der Waals surface area contributed by atoms with Crippen LogP contribution in [0, 0.1) is 0 Å². The largest absolute Gasteiger partial charge is 0.475 e. The fraction of sp³-hybridized carbons (Fsp3) is 1.00. The fourth-order valence-corrected chi connectivity index (χ4v) is 3.96. The molecule has 7 nitrogen and oxygen atoms in total. The number of phosphoric ester groups is 1. The molecule has 1 aliphatic rings. The van der Waals surface area contributed by atoms with E-state index in [0.29, 0.717) is 6.42 Å². The summed E-state index contributed by atoms with van der Waals surface area (Å²) >= 11 is 0. The van der Waals surface area contributed by atoms with Crippen molar-refractivity contribution < 1.29 is 30.7 Å². The molecular formula is C8H17O7PS. The molecular weight excluding hydrogens is 271 g/mol. The van der Waals surface area contributed by atoms with Gasteiger partial charge < -0.3 is 0 Å². The van der Waals surface area contributed by atoms with Gasteiger partial charge in [0.2, 0.25) is 0 Å². The van der Waals surface area contributed by atoms with Crippen molar-refractivity contribution in [3.8, 4) is 0 Å². The lowest BCUT2D eigenvalue weighted by atomic mass is 10.3. The Morgan fingerprint density at radius 3 is 2.35 bits per heavy atom. The fourth-order valence-electron chi connectivity index (χ4n) is 1.35. The molecule has 1 atom stereocenters. The van der Waals surface area contributed by atoms with E-state index in [9.17, 15) is 13.0 Å². The Labute approximate surface area is 101 Å². The molecule has 1 fully saturated rings. The van der Waals surface area contributed by atoms with Crippen molar-refractivity contribution in [1.82, 2.24) is 0 Å². The summed E-state index contributed by atoms with van der Waals surface area (Å²) in [4.78, 5) is 0. The smallest absolute Gasteiger partial charge is 0.287 e.